The first-order chi connectivity index (χ1) is 10.7. The van der Waals surface area contributed by atoms with Crippen molar-refractivity contribution in [3.8, 4) is 0 Å². The van der Waals surface area contributed by atoms with Gasteiger partial charge in [0.1, 0.15) is 6.04 Å². The number of methoxy groups -OCH3 is 1. The van der Waals surface area contributed by atoms with Crippen molar-refractivity contribution < 1.29 is 9.53 Å². The van der Waals surface area contributed by atoms with Crippen molar-refractivity contribution in [2.45, 2.75) is 19.0 Å². The highest BCUT2D eigenvalue weighted by Gasteiger charge is 2.18. The summed E-state index contributed by atoms with van der Waals surface area (Å²) in [6.07, 6.45) is 0.557. The quantitative estimate of drug-likeness (QED) is 0.609. The highest BCUT2D eigenvalue weighted by Crippen LogP contribution is 2.09. The van der Waals surface area contributed by atoms with E-state index in [1.54, 1.807) is 0 Å². The maximum atomic E-state index is 11.9. The Kier molecular flexibility index (Phi) is 6.40. The molecule has 2 N–H and O–H groups in total. The highest BCUT2D eigenvalue weighted by atomic mass is 35.5. The lowest BCUT2D eigenvalue weighted by molar-refractivity contribution is -0.143. The third-order valence-corrected chi connectivity index (χ3v) is 3.50. The van der Waals surface area contributed by atoms with Crippen LogP contribution in [0.15, 0.2) is 54.6 Å². The molecule has 0 spiro atoms. The van der Waals surface area contributed by atoms with Crippen LogP contribution in [0.3, 0.4) is 0 Å². The lowest BCUT2D eigenvalue weighted by atomic mass is 10.1. The van der Waals surface area contributed by atoms with Gasteiger partial charge in [0, 0.05) is 11.6 Å². The van der Waals surface area contributed by atoms with Crippen LogP contribution in [-0.2, 0) is 22.5 Å². The molecule has 0 heterocycles. The monoisotopic (exact) mass is 318 g/mol. The van der Waals surface area contributed by atoms with Crippen LogP contribution in [0.25, 0.3) is 0 Å². The standard InChI is InChI=1S/C17H19ClN2O2/c1-22-17(21)16(11-13-5-3-2-4-6-13)20-19-12-14-7-9-15(18)10-8-14/h2-10,16,19-20H,11-12H2,1H3/t16-/m0/s1. The summed E-state index contributed by atoms with van der Waals surface area (Å²) < 4.78 is 4.84. The summed E-state index contributed by atoms with van der Waals surface area (Å²) in [6.45, 7) is 0.583. The number of hydrogen-bond acceptors (Lipinski definition) is 4. The molecule has 5 heteroatoms. The van der Waals surface area contributed by atoms with Gasteiger partial charge in [0.2, 0.25) is 0 Å². The predicted molar refractivity (Wildman–Crippen MR) is 87.4 cm³/mol. The summed E-state index contributed by atoms with van der Waals surface area (Å²) in [5.74, 6) is -0.299. The number of carbonyl (C=O) groups is 1. The second-order valence-electron chi connectivity index (χ2n) is 4.89. The Morgan fingerprint density at radius 1 is 1.09 bits per heavy atom. The van der Waals surface area contributed by atoms with Gasteiger partial charge in [0.15, 0.2) is 0 Å². The van der Waals surface area contributed by atoms with Crippen molar-refractivity contribution in [1.29, 1.82) is 0 Å². The molecule has 0 amide bonds. The predicted octanol–water partition coefficient (Wildman–Crippen LogP) is 2.72. The van der Waals surface area contributed by atoms with Gasteiger partial charge in [-0.1, -0.05) is 54.1 Å². The Morgan fingerprint density at radius 3 is 2.41 bits per heavy atom. The van der Waals surface area contributed by atoms with Crippen LogP contribution in [0, 0.1) is 0 Å². The molecule has 0 aliphatic carbocycles. The molecule has 4 nitrogen and oxygen atoms in total. The Labute approximate surface area is 135 Å². The summed E-state index contributed by atoms with van der Waals surface area (Å²) in [4.78, 5) is 11.9. The number of nitrogens with one attached hydrogen (secondary N) is 2. The van der Waals surface area contributed by atoms with E-state index >= 15 is 0 Å². The minimum Gasteiger partial charge on any atom is -0.468 e. The molecule has 0 aliphatic heterocycles. The molecule has 0 radical (unpaired) electrons. The first kappa shape index (κ1) is 16.5. The molecule has 0 saturated carbocycles. The summed E-state index contributed by atoms with van der Waals surface area (Å²) in [6, 6.07) is 16.9. The summed E-state index contributed by atoms with van der Waals surface area (Å²) in [5.41, 5.74) is 8.23. The number of esters is 1. The highest BCUT2D eigenvalue weighted by molar-refractivity contribution is 6.30. The first-order valence-corrected chi connectivity index (χ1v) is 7.41. The van der Waals surface area contributed by atoms with E-state index in [2.05, 4.69) is 10.9 Å². The van der Waals surface area contributed by atoms with Gasteiger partial charge in [-0.15, -0.1) is 0 Å². The van der Waals surface area contributed by atoms with Gasteiger partial charge >= 0.3 is 5.97 Å². The van der Waals surface area contributed by atoms with Crippen LogP contribution >= 0.6 is 11.6 Å². The number of carbonyl (C=O) groups excluding carboxylic acids is 1. The van der Waals surface area contributed by atoms with E-state index in [1.807, 2.05) is 54.6 Å². The van der Waals surface area contributed by atoms with E-state index in [0.29, 0.717) is 18.0 Å². The number of halogens is 1. The second-order valence-corrected chi connectivity index (χ2v) is 5.33. The molecular weight excluding hydrogens is 300 g/mol. The number of rotatable bonds is 7. The van der Waals surface area contributed by atoms with E-state index in [-0.39, 0.29) is 5.97 Å². The summed E-state index contributed by atoms with van der Waals surface area (Å²) >= 11 is 5.85. The lowest BCUT2D eigenvalue weighted by Gasteiger charge is -2.17. The number of hydrogen-bond donors (Lipinski definition) is 2. The van der Waals surface area contributed by atoms with Crippen molar-refractivity contribution in [2.24, 2.45) is 0 Å². The zero-order valence-corrected chi connectivity index (χ0v) is 13.1. The largest absolute Gasteiger partial charge is 0.468 e. The molecule has 116 valence electrons. The van der Waals surface area contributed by atoms with Crippen LogP contribution in [-0.4, -0.2) is 19.1 Å². The molecule has 2 aromatic carbocycles. The van der Waals surface area contributed by atoms with Crippen LogP contribution in [0.1, 0.15) is 11.1 Å². The Balaban J connectivity index is 1.89. The molecule has 0 aliphatic rings. The third kappa shape index (κ3) is 5.15. The average molecular weight is 319 g/mol. The Hall–Kier alpha value is -1.88. The van der Waals surface area contributed by atoms with E-state index in [9.17, 15) is 4.79 Å². The SMILES string of the molecule is COC(=O)[C@H](Cc1ccccc1)NNCc1ccc(Cl)cc1. The Morgan fingerprint density at radius 2 is 1.77 bits per heavy atom. The fourth-order valence-corrected chi connectivity index (χ4v) is 2.19. The van der Waals surface area contributed by atoms with Gasteiger partial charge in [-0.05, 0) is 29.7 Å². The van der Waals surface area contributed by atoms with Crippen molar-refractivity contribution in [2.75, 3.05) is 7.11 Å². The van der Waals surface area contributed by atoms with Crippen LogP contribution in [0.5, 0.6) is 0 Å². The van der Waals surface area contributed by atoms with Crippen LogP contribution in [0.2, 0.25) is 5.02 Å². The minimum atomic E-state index is -0.445. The van der Waals surface area contributed by atoms with E-state index in [0.717, 1.165) is 11.1 Å². The molecule has 2 rings (SSSR count). The van der Waals surface area contributed by atoms with Gasteiger partial charge in [-0.2, -0.15) is 0 Å². The molecule has 22 heavy (non-hydrogen) atoms. The van der Waals surface area contributed by atoms with E-state index in [4.69, 9.17) is 16.3 Å². The normalized spacial score (nSPS) is 11.9. The molecule has 1 atom stereocenters. The van der Waals surface area contributed by atoms with Gasteiger partial charge < -0.3 is 4.74 Å². The van der Waals surface area contributed by atoms with Crippen LogP contribution < -0.4 is 10.9 Å². The fraction of sp³-hybridized carbons (Fsp3) is 0.235. The maximum absolute atomic E-state index is 11.9. The third-order valence-electron chi connectivity index (χ3n) is 3.25. The zero-order chi connectivity index (χ0) is 15.8. The fourth-order valence-electron chi connectivity index (χ4n) is 2.06. The van der Waals surface area contributed by atoms with Gasteiger partial charge in [-0.25, -0.2) is 5.43 Å². The van der Waals surface area contributed by atoms with Gasteiger partial charge in [0.05, 0.1) is 7.11 Å². The molecule has 0 fully saturated rings. The second kappa shape index (κ2) is 8.54. The summed E-state index contributed by atoms with van der Waals surface area (Å²) in [7, 11) is 1.39. The lowest BCUT2D eigenvalue weighted by Crippen LogP contribution is -2.47. The van der Waals surface area contributed by atoms with Crippen molar-refractivity contribution >= 4 is 17.6 Å². The van der Waals surface area contributed by atoms with Crippen molar-refractivity contribution in [3.63, 3.8) is 0 Å². The molecule has 0 bridgehead atoms. The smallest absolute Gasteiger partial charge is 0.324 e. The topological polar surface area (TPSA) is 50.4 Å². The molecule has 0 aromatic heterocycles. The molecular formula is C17H19ClN2O2. The molecule has 0 unspecified atom stereocenters. The van der Waals surface area contributed by atoms with Crippen LogP contribution in [0.4, 0.5) is 0 Å². The van der Waals surface area contributed by atoms with E-state index in [1.165, 1.54) is 7.11 Å². The van der Waals surface area contributed by atoms with Gasteiger partial charge in [-0.3, -0.25) is 10.2 Å². The average Bonchev–Trinajstić information content (AvgIpc) is 2.56. The van der Waals surface area contributed by atoms with Gasteiger partial charge in [0.25, 0.3) is 0 Å². The number of benzene rings is 2. The van der Waals surface area contributed by atoms with Crippen molar-refractivity contribution in [3.05, 3.63) is 70.7 Å². The molecule has 2 aromatic rings. The number of ether oxygens (including phenoxy) is 1. The first-order valence-electron chi connectivity index (χ1n) is 7.03. The summed E-state index contributed by atoms with van der Waals surface area (Å²) in [5, 5.41) is 0.702. The van der Waals surface area contributed by atoms with E-state index < -0.39 is 6.04 Å². The number of hydrazine groups is 1. The minimum absolute atomic E-state index is 0.299. The molecule has 0 saturated heterocycles. The zero-order valence-electron chi connectivity index (χ0n) is 12.4. The maximum Gasteiger partial charge on any atom is 0.324 e. The van der Waals surface area contributed by atoms with Crippen molar-refractivity contribution in [1.82, 2.24) is 10.9 Å². The Bertz CT molecular complexity index is 587.